The van der Waals surface area contributed by atoms with Crippen LogP contribution in [0.15, 0.2) is 47.8 Å². The number of carbonyl (C=O) groups excluding carboxylic acids is 3. The summed E-state index contributed by atoms with van der Waals surface area (Å²) in [5.74, 6) is -0.464. The van der Waals surface area contributed by atoms with Crippen LogP contribution in [0.25, 0.3) is 22.0 Å². The number of rotatable bonds is 6. The maximum atomic E-state index is 12.2. The van der Waals surface area contributed by atoms with Gasteiger partial charge in [-0.05, 0) is 37.1 Å². The second-order valence-electron chi connectivity index (χ2n) is 7.76. The van der Waals surface area contributed by atoms with Gasteiger partial charge in [0.15, 0.2) is 5.13 Å². The molecule has 30 heavy (non-hydrogen) atoms. The van der Waals surface area contributed by atoms with Crippen molar-refractivity contribution < 1.29 is 14.4 Å². The van der Waals surface area contributed by atoms with Crippen LogP contribution in [-0.2, 0) is 9.59 Å². The van der Waals surface area contributed by atoms with E-state index in [1.807, 2.05) is 23.6 Å². The first-order chi connectivity index (χ1) is 14.3. The van der Waals surface area contributed by atoms with Crippen LogP contribution in [0.4, 0.5) is 9.93 Å². The van der Waals surface area contributed by atoms with Gasteiger partial charge in [-0.3, -0.25) is 14.5 Å². The predicted octanol–water partition coefficient (Wildman–Crippen LogP) is 4.01. The van der Waals surface area contributed by atoms with Gasteiger partial charge < -0.3 is 10.6 Å². The summed E-state index contributed by atoms with van der Waals surface area (Å²) in [6.45, 7) is 3.53. The molecular formula is C22H22N4O3S. The third-order valence-electron chi connectivity index (χ3n) is 5.03. The van der Waals surface area contributed by atoms with Gasteiger partial charge in [-0.1, -0.05) is 36.4 Å². The van der Waals surface area contributed by atoms with Gasteiger partial charge in [0.2, 0.25) is 5.91 Å². The van der Waals surface area contributed by atoms with E-state index in [4.69, 9.17) is 0 Å². The highest BCUT2D eigenvalue weighted by molar-refractivity contribution is 7.14. The number of aromatic nitrogens is 1. The van der Waals surface area contributed by atoms with Gasteiger partial charge in [0.25, 0.3) is 5.91 Å². The summed E-state index contributed by atoms with van der Waals surface area (Å²) in [5, 5.41) is 10.2. The van der Waals surface area contributed by atoms with Crippen molar-refractivity contribution in [1.82, 2.24) is 15.2 Å². The summed E-state index contributed by atoms with van der Waals surface area (Å²) in [6.07, 6.45) is 0.590. The highest BCUT2D eigenvalue weighted by Crippen LogP contribution is 2.28. The van der Waals surface area contributed by atoms with Crippen LogP contribution in [-0.4, -0.2) is 39.8 Å². The van der Waals surface area contributed by atoms with Gasteiger partial charge in [0, 0.05) is 23.9 Å². The molecule has 4 rings (SSSR count). The minimum absolute atomic E-state index is 0.194. The van der Waals surface area contributed by atoms with Gasteiger partial charge in [-0.25, -0.2) is 9.78 Å². The average molecular weight is 423 g/mol. The van der Waals surface area contributed by atoms with Crippen molar-refractivity contribution in [3.8, 4) is 11.3 Å². The summed E-state index contributed by atoms with van der Waals surface area (Å²) in [4.78, 5) is 42.0. The molecule has 8 heteroatoms. The van der Waals surface area contributed by atoms with Gasteiger partial charge in [0.05, 0.1) is 5.69 Å². The highest BCUT2D eigenvalue weighted by atomic mass is 32.1. The van der Waals surface area contributed by atoms with E-state index in [1.54, 1.807) is 13.8 Å². The molecule has 1 aliphatic rings. The van der Waals surface area contributed by atoms with E-state index in [-0.39, 0.29) is 24.8 Å². The van der Waals surface area contributed by atoms with Crippen molar-refractivity contribution >= 4 is 45.1 Å². The number of nitrogens with one attached hydrogen (secondary N) is 2. The molecule has 0 aliphatic carbocycles. The zero-order valence-corrected chi connectivity index (χ0v) is 17.6. The van der Waals surface area contributed by atoms with Crippen LogP contribution in [0.3, 0.4) is 0 Å². The Hall–Kier alpha value is -3.26. The largest absolute Gasteiger partial charge is 0.325 e. The predicted molar refractivity (Wildman–Crippen MR) is 117 cm³/mol. The second kappa shape index (κ2) is 7.87. The molecule has 7 nitrogen and oxygen atoms in total. The maximum Gasteiger partial charge on any atom is 0.325 e. The standard InChI is InChI=1S/C22H22N4O3S/c1-22(2)19(28)26(21(29)25-22)11-5-8-18(27)24-20-23-17(13-30-20)16-10-9-14-6-3-4-7-15(14)12-16/h3-4,6-7,9-10,12-13H,5,8,11H2,1-2H3,(H,25,29)(H,23,24,27). The first-order valence-electron chi connectivity index (χ1n) is 9.72. The van der Waals surface area contributed by atoms with Gasteiger partial charge in [-0.15, -0.1) is 11.3 Å². The van der Waals surface area contributed by atoms with Crippen molar-refractivity contribution in [3.05, 3.63) is 47.8 Å². The molecular weight excluding hydrogens is 400 g/mol. The third kappa shape index (κ3) is 4.04. The number of anilines is 1. The molecule has 0 atom stereocenters. The van der Waals surface area contributed by atoms with Crippen LogP contribution in [0.5, 0.6) is 0 Å². The fraction of sp³-hybridized carbons (Fsp3) is 0.273. The van der Waals surface area contributed by atoms with E-state index < -0.39 is 11.6 Å². The number of hydrogen-bond donors (Lipinski definition) is 2. The van der Waals surface area contributed by atoms with Crippen LogP contribution in [0, 0.1) is 0 Å². The number of benzene rings is 2. The van der Waals surface area contributed by atoms with Crippen molar-refractivity contribution in [2.45, 2.75) is 32.2 Å². The van der Waals surface area contributed by atoms with Crippen molar-refractivity contribution in [3.63, 3.8) is 0 Å². The molecule has 0 unspecified atom stereocenters. The Morgan fingerprint density at radius 1 is 1.17 bits per heavy atom. The molecule has 0 bridgehead atoms. The molecule has 1 aliphatic heterocycles. The lowest BCUT2D eigenvalue weighted by atomic mass is 10.1. The monoisotopic (exact) mass is 422 g/mol. The average Bonchev–Trinajstić information content (AvgIpc) is 3.25. The molecule has 1 aromatic heterocycles. The Morgan fingerprint density at radius 3 is 2.67 bits per heavy atom. The van der Waals surface area contributed by atoms with Gasteiger partial charge >= 0.3 is 6.03 Å². The minimum atomic E-state index is -0.889. The minimum Gasteiger partial charge on any atom is -0.324 e. The Bertz CT molecular complexity index is 1140. The first-order valence-corrected chi connectivity index (χ1v) is 10.6. The Balaban J connectivity index is 1.33. The highest BCUT2D eigenvalue weighted by Gasteiger charge is 2.43. The Labute approximate surface area is 178 Å². The number of imide groups is 1. The van der Waals surface area contributed by atoms with E-state index in [1.165, 1.54) is 16.7 Å². The Kier molecular flexibility index (Phi) is 5.26. The number of nitrogens with zero attached hydrogens (tertiary/aromatic N) is 2. The van der Waals surface area contributed by atoms with Crippen molar-refractivity contribution in [1.29, 1.82) is 0 Å². The zero-order chi connectivity index (χ0) is 21.3. The van der Waals surface area contributed by atoms with E-state index in [9.17, 15) is 14.4 Å². The molecule has 2 heterocycles. The van der Waals surface area contributed by atoms with Gasteiger partial charge in [0.1, 0.15) is 5.54 Å². The lowest BCUT2D eigenvalue weighted by Gasteiger charge is -2.15. The molecule has 1 fully saturated rings. The smallest absolute Gasteiger partial charge is 0.324 e. The van der Waals surface area contributed by atoms with Crippen LogP contribution < -0.4 is 10.6 Å². The quantitative estimate of drug-likeness (QED) is 0.587. The topological polar surface area (TPSA) is 91.4 Å². The molecule has 2 N–H and O–H groups in total. The molecule has 154 valence electrons. The van der Waals surface area contributed by atoms with Crippen LogP contribution in [0.1, 0.15) is 26.7 Å². The molecule has 1 saturated heterocycles. The number of thiazole rings is 1. The second-order valence-corrected chi connectivity index (χ2v) is 8.62. The SMILES string of the molecule is CC1(C)NC(=O)N(CCCC(=O)Nc2nc(-c3ccc4ccccc4c3)cs2)C1=O. The summed E-state index contributed by atoms with van der Waals surface area (Å²) in [7, 11) is 0. The summed E-state index contributed by atoms with van der Waals surface area (Å²) < 4.78 is 0. The molecule has 0 spiro atoms. The zero-order valence-electron chi connectivity index (χ0n) is 16.8. The summed E-state index contributed by atoms with van der Waals surface area (Å²) in [5.41, 5.74) is 0.911. The van der Waals surface area contributed by atoms with Crippen LogP contribution >= 0.6 is 11.3 Å². The number of fused-ring (bicyclic) bond motifs is 1. The lowest BCUT2D eigenvalue weighted by molar-refractivity contribution is -0.130. The van der Waals surface area contributed by atoms with Gasteiger partial charge in [-0.2, -0.15) is 0 Å². The molecule has 4 amide bonds. The van der Waals surface area contributed by atoms with E-state index in [0.717, 1.165) is 21.5 Å². The third-order valence-corrected chi connectivity index (χ3v) is 5.78. The molecule has 2 aromatic carbocycles. The van der Waals surface area contributed by atoms with Crippen molar-refractivity contribution in [2.75, 3.05) is 11.9 Å². The number of hydrogen-bond acceptors (Lipinski definition) is 5. The molecule has 0 radical (unpaired) electrons. The number of carbonyl (C=O) groups is 3. The fourth-order valence-electron chi connectivity index (χ4n) is 3.41. The maximum absolute atomic E-state index is 12.2. The van der Waals surface area contributed by atoms with E-state index in [2.05, 4.69) is 39.9 Å². The Morgan fingerprint density at radius 2 is 1.93 bits per heavy atom. The van der Waals surface area contributed by atoms with E-state index in [0.29, 0.717) is 11.6 Å². The normalized spacial score (nSPS) is 15.5. The lowest BCUT2D eigenvalue weighted by Crippen LogP contribution is -2.40. The number of amides is 4. The van der Waals surface area contributed by atoms with Crippen LogP contribution in [0.2, 0.25) is 0 Å². The summed E-state index contributed by atoms with van der Waals surface area (Å²) in [6, 6.07) is 13.9. The number of urea groups is 1. The van der Waals surface area contributed by atoms with Crippen molar-refractivity contribution in [2.24, 2.45) is 0 Å². The molecule has 0 saturated carbocycles. The van der Waals surface area contributed by atoms with E-state index >= 15 is 0 Å². The molecule has 3 aromatic rings. The summed E-state index contributed by atoms with van der Waals surface area (Å²) >= 11 is 1.37. The first kappa shape index (κ1) is 20.0. The fourth-order valence-corrected chi connectivity index (χ4v) is 4.15.